The van der Waals surface area contributed by atoms with Crippen molar-refractivity contribution in [1.29, 1.82) is 10.7 Å². The van der Waals surface area contributed by atoms with Gasteiger partial charge in [-0.2, -0.15) is 5.26 Å². The summed E-state index contributed by atoms with van der Waals surface area (Å²) in [5.74, 6) is 0.0426. The molecule has 0 bridgehead atoms. The number of nitriles is 1. The van der Waals surface area contributed by atoms with Gasteiger partial charge < -0.3 is 10.7 Å². The summed E-state index contributed by atoms with van der Waals surface area (Å²) < 4.78 is 0. The highest BCUT2D eigenvalue weighted by Gasteiger charge is 2.33. The predicted molar refractivity (Wildman–Crippen MR) is 82.4 cm³/mol. The second kappa shape index (κ2) is 6.36. The van der Waals surface area contributed by atoms with Crippen LogP contribution in [-0.4, -0.2) is 18.2 Å². The van der Waals surface area contributed by atoms with Crippen molar-refractivity contribution >= 4 is 12.1 Å². The van der Waals surface area contributed by atoms with E-state index in [0.29, 0.717) is 5.92 Å². The summed E-state index contributed by atoms with van der Waals surface area (Å²) >= 11 is 0. The first-order valence-corrected chi connectivity index (χ1v) is 7.12. The smallest absolute Gasteiger partial charge is 0.252 e. The number of carbonyl (C=O) groups is 1. The molecule has 4 nitrogen and oxygen atoms in total. The van der Waals surface area contributed by atoms with E-state index in [1.54, 1.807) is 0 Å². The minimum Gasteiger partial charge on any atom is -0.349 e. The first-order chi connectivity index (χ1) is 10.1. The number of amides is 1. The van der Waals surface area contributed by atoms with Crippen LogP contribution in [0.5, 0.6) is 0 Å². The van der Waals surface area contributed by atoms with E-state index >= 15 is 0 Å². The Morgan fingerprint density at radius 2 is 2.29 bits per heavy atom. The summed E-state index contributed by atoms with van der Waals surface area (Å²) in [7, 11) is 0. The molecule has 1 saturated carbocycles. The Bertz CT molecular complexity index is 621. The van der Waals surface area contributed by atoms with Crippen LogP contribution in [0.15, 0.2) is 30.4 Å². The van der Waals surface area contributed by atoms with Gasteiger partial charge in [0, 0.05) is 17.8 Å². The fourth-order valence-corrected chi connectivity index (χ4v) is 2.60. The first kappa shape index (κ1) is 15.0. The summed E-state index contributed by atoms with van der Waals surface area (Å²) in [5, 5.41) is 19.1. The van der Waals surface area contributed by atoms with Gasteiger partial charge >= 0.3 is 0 Å². The van der Waals surface area contributed by atoms with E-state index in [1.165, 1.54) is 5.56 Å². The van der Waals surface area contributed by atoms with Crippen LogP contribution in [0.3, 0.4) is 0 Å². The van der Waals surface area contributed by atoms with E-state index in [-0.39, 0.29) is 17.5 Å². The Hall–Kier alpha value is -2.41. The van der Waals surface area contributed by atoms with E-state index in [2.05, 4.69) is 31.0 Å². The van der Waals surface area contributed by atoms with Crippen molar-refractivity contribution in [2.75, 3.05) is 0 Å². The molecule has 0 saturated heterocycles. The van der Waals surface area contributed by atoms with Gasteiger partial charge in [0.2, 0.25) is 0 Å². The standard InChI is InChI=1S/C17H19N3O/c1-3-12-4-5-13(10-19)16(6-12)14-7-15(8-14)20-17(21)11(2)9-18/h4-6,9,14-15,18H,2-3,7-8H2,1H3,(H,20,21). The highest BCUT2D eigenvalue weighted by atomic mass is 16.1. The number of hydrogen-bond donors (Lipinski definition) is 2. The Labute approximate surface area is 125 Å². The van der Waals surface area contributed by atoms with E-state index in [4.69, 9.17) is 5.41 Å². The van der Waals surface area contributed by atoms with Gasteiger partial charge in [-0.1, -0.05) is 25.6 Å². The van der Waals surface area contributed by atoms with E-state index < -0.39 is 0 Å². The maximum Gasteiger partial charge on any atom is 0.252 e. The van der Waals surface area contributed by atoms with Crippen molar-refractivity contribution in [1.82, 2.24) is 5.32 Å². The molecule has 1 aliphatic carbocycles. The topological polar surface area (TPSA) is 76.7 Å². The second-order valence-electron chi connectivity index (χ2n) is 5.40. The molecule has 1 aromatic carbocycles. The van der Waals surface area contributed by atoms with Gasteiger partial charge in [-0.05, 0) is 42.4 Å². The molecule has 0 aromatic heterocycles. The molecule has 0 radical (unpaired) electrons. The molecule has 2 N–H and O–H groups in total. The molecule has 1 aliphatic rings. The zero-order valence-corrected chi connectivity index (χ0v) is 12.1. The molecule has 1 amide bonds. The number of hydrogen-bond acceptors (Lipinski definition) is 3. The molecule has 1 aromatic rings. The number of benzene rings is 1. The monoisotopic (exact) mass is 281 g/mol. The third-order valence-corrected chi connectivity index (χ3v) is 4.02. The van der Waals surface area contributed by atoms with Crippen molar-refractivity contribution in [3.05, 3.63) is 47.0 Å². The molecular weight excluding hydrogens is 262 g/mol. The third kappa shape index (κ3) is 3.19. The van der Waals surface area contributed by atoms with Gasteiger partial charge in [0.15, 0.2) is 0 Å². The normalized spacial score (nSPS) is 20.0. The lowest BCUT2D eigenvalue weighted by atomic mass is 9.74. The summed E-state index contributed by atoms with van der Waals surface area (Å²) in [6.07, 6.45) is 3.58. The highest BCUT2D eigenvalue weighted by molar-refractivity contribution is 6.10. The van der Waals surface area contributed by atoms with Gasteiger partial charge in [-0.3, -0.25) is 4.79 Å². The average Bonchev–Trinajstić information content (AvgIpc) is 2.48. The van der Waals surface area contributed by atoms with Crippen LogP contribution >= 0.6 is 0 Å². The molecule has 1 fully saturated rings. The van der Waals surface area contributed by atoms with Gasteiger partial charge in [0.05, 0.1) is 11.6 Å². The van der Waals surface area contributed by atoms with Crippen LogP contribution in [-0.2, 0) is 11.2 Å². The van der Waals surface area contributed by atoms with Gasteiger partial charge in [-0.25, -0.2) is 0 Å². The summed E-state index contributed by atoms with van der Waals surface area (Å²) in [6.45, 7) is 5.61. The van der Waals surface area contributed by atoms with Gasteiger partial charge in [-0.15, -0.1) is 0 Å². The molecule has 0 heterocycles. The fraction of sp³-hybridized carbons (Fsp3) is 0.353. The second-order valence-corrected chi connectivity index (χ2v) is 5.40. The Kier molecular flexibility index (Phi) is 4.54. The summed E-state index contributed by atoms with van der Waals surface area (Å²) in [6, 6.07) is 8.34. The molecule has 21 heavy (non-hydrogen) atoms. The molecule has 4 heteroatoms. The molecule has 0 unspecified atom stereocenters. The van der Waals surface area contributed by atoms with Gasteiger partial charge in [0.1, 0.15) is 0 Å². The minimum atomic E-state index is -0.281. The predicted octanol–water partition coefficient (Wildman–Crippen LogP) is 2.69. The Balaban J connectivity index is 2.01. The van der Waals surface area contributed by atoms with Crippen molar-refractivity contribution in [2.45, 2.75) is 38.1 Å². The maximum atomic E-state index is 11.6. The van der Waals surface area contributed by atoms with Crippen molar-refractivity contribution < 1.29 is 4.79 Å². The van der Waals surface area contributed by atoms with E-state index in [9.17, 15) is 10.1 Å². The fourth-order valence-electron chi connectivity index (χ4n) is 2.60. The lowest BCUT2D eigenvalue weighted by Crippen LogP contribution is -2.44. The molecular formula is C17H19N3O. The number of nitrogens with one attached hydrogen (secondary N) is 2. The van der Waals surface area contributed by atoms with Crippen LogP contribution in [0.1, 0.15) is 42.4 Å². The maximum absolute atomic E-state index is 11.6. The number of rotatable bonds is 5. The Morgan fingerprint density at radius 3 is 2.86 bits per heavy atom. The quantitative estimate of drug-likeness (QED) is 0.643. The van der Waals surface area contributed by atoms with Crippen molar-refractivity contribution in [3.8, 4) is 6.07 Å². The first-order valence-electron chi connectivity index (χ1n) is 7.12. The van der Waals surface area contributed by atoms with Crippen LogP contribution in [0.2, 0.25) is 0 Å². The zero-order valence-electron chi connectivity index (χ0n) is 12.1. The SMILES string of the molecule is C=C(C=N)C(=O)NC1CC(c2cc(CC)ccc2C#N)C1. The minimum absolute atomic E-state index is 0.107. The van der Waals surface area contributed by atoms with Crippen LogP contribution in [0.4, 0.5) is 0 Å². The highest BCUT2D eigenvalue weighted by Crippen LogP contribution is 2.38. The largest absolute Gasteiger partial charge is 0.349 e. The van der Waals surface area contributed by atoms with E-state index in [0.717, 1.165) is 36.6 Å². The summed E-state index contributed by atoms with van der Waals surface area (Å²) in [4.78, 5) is 11.6. The summed E-state index contributed by atoms with van der Waals surface area (Å²) in [5.41, 5.74) is 3.22. The average molecular weight is 281 g/mol. The molecule has 0 aliphatic heterocycles. The molecule has 0 atom stereocenters. The van der Waals surface area contributed by atoms with Crippen LogP contribution < -0.4 is 5.32 Å². The third-order valence-electron chi connectivity index (χ3n) is 4.02. The van der Waals surface area contributed by atoms with Gasteiger partial charge in [0.25, 0.3) is 5.91 Å². The lowest BCUT2D eigenvalue weighted by molar-refractivity contribution is -0.118. The van der Waals surface area contributed by atoms with Crippen molar-refractivity contribution in [2.24, 2.45) is 0 Å². The number of aryl methyl sites for hydroxylation is 1. The molecule has 2 rings (SSSR count). The lowest BCUT2D eigenvalue weighted by Gasteiger charge is -2.36. The number of nitrogens with zero attached hydrogens (tertiary/aromatic N) is 1. The van der Waals surface area contributed by atoms with Crippen LogP contribution in [0.25, 0.3) is 0 Å². The Morgan fingerprint density at radius 1 is 1.57 bits per heavy atom. The molecule has 108 valence electrons. The number of carbonyl (C=O) groups excluding carboxylic acids is 1. The zero-order chi connectivity index (χ0) is 15.4. The molecule has 0 spiro atoms. The van der Waals surface area contributed by atoms with E-state index in [1.807, 2.05) is 12.1 Å². The van der Waals surface area contributed by atoms with Crippen LogP contribution in [0, 0.1) is 16.7 Å². The van der Waals surface area contributed by atoms with Crippen molar-refractivity contribution in [3.63, 3.8) is 0 Å².